The molecule has 1 aliphatic heterocycles. The van der Waals surface area contributed by atoms with Crippen LogP contribution in [0.2, 0.25) is 0 Å². The van der Waals surface area contributed by atoms with E-state index in [-0.39, 0.29) is 0 Å². The fraction of sp³-hybridized carbons (Fsp3) is 0.333. The van der Waals surface area contributed by atoms with Crippen molar-refractivity contribution in [2.45, 2.75) is 6.92 Å². The zero-order valence-electron chi connectivity index (χ0n) is 6.07. The number of hydrogen-bond donors (Lipinski definition) is 1. The molecule has 1 aliphatic rings. The molecule has 0 saturated heterocycles. The zero-order chi connectivity index (χ0) is 7.68. The third-order valence-electron chi connectivity index (χ3n) is 1.36. The molecule has 0 amide bonds. The molecule has 0 fully saturated rings. The van der Waals surface area contributed by atoms with Gasteiger partial charge in [-0.05, 0) is 6.92 Å². The normalized spacial score (nSPS) is 15.5. The molecule has 2 rings (SSSR count). The summed E-state index contributed by atoms with van der Waals surface area (Å²) < 4.78 is 0. The Labute approximate surface area is 63.3 Å². The lowest BCUT2D eigenvalue weighted by Crippen LogP contribution is -1.96. The third-order valence-corrected chi connectivity index (χ3v) is 1.36. The minimum atomic E-state index is 0.426. The van der Waals surface area contributed by atoms with Crippen LogP contribution in [-0.2, 0) is 0 Å². The standard InChI is InChI=1S/C6H7N5/c1-4-2-7-5(10-4)6-8-3-9-11-6/h2H,3H2,1H3,(H,7,10). The van der Waals surface area contributed by atoms with Gasteiger partial charge in [-0.2, -0.15) is 5.11 Å². The average molecular weight is 149 g/mol. The molecule has 0 atom stereocenters. The quantitative estimate of drug-likeness (QED) is 0.633. The monoisotopic (exact) mass is 149 g/mol. The van der Waals surface area contributed by atoms with E-state index in [2.05, 4.69) is 25.2 Å². The zero-order valence-corrected chi connectivity index (χ0v) is 6.07. The number of aryl methyl sites for hydroxylation is 1. The van der Waals surface area contributed by atoms with Gasteiger partial charge in [0.1, 0.15) is 0 Å². The maximum Gasteiger partial charge on any atom is 0.214 e. The minimum absolute atomic E-state index is 0.426. The molecule has 0 saturated carbocycles. The Kier molecular flexibility index (Phi) is 1.28. The highest BCUT2D eigenvalue weighted by Gasteiger charge is 2.08. The van der Waals surface area contributed by atoms with Gasteiger partial charge in [-0.3, -0.25) is 0 Å². The number of nitrogens with one attached hydrogen (secondary N) is 1. The SMILES string of the molecule is Cc1cnc(C2=NCN=N2)[nH]1. The second-order valence-electron chi connectivity index (χ2n) is 2.28. The van der Waals surface area contributed by atoms with E-state index in [9.17, 15) is 0 Å². The van der Waals surface area contributed by atoms with Gasteiger partial charge in [0.25, 0.3) is 0 Å². The molecule has 0 aliphatic carbocycles. The van der Waals surface area contributed by atoms with E-state index < -0.39 is 0 Å². The van der Waals surface area contributed by atoms with E-state index in [0.717, 1.165) is 5.69 Å². The van der Waals surface area contributed by atoms with E-state index in [1.165, 1.54) is 0 Å². The van der Waals surface area contributed by atoms with Crippen LogP contribution in [0.25, 0.3) is 0 Å². The fourth-order valence-corrected chi connectivity index (χ4v) is 0.877. The van der Waals surface area contributed by atoms with Gasteiger partial charge < -0.3 is 4.98 Å². The number of H-pyrrole nitrogens is 1. The van der Waals surface area contributed by atoms with E-state index in [4.69, 9.17) is 0 Å². The molecule has 0 bridgehead atoms. The van der Waals surface area contributed by atoms with Crippen LogP contribution in [0.5, 0.6) is 0 Å². The summed E-state index contributed by atoms with van der Waals surface area (Å²) in [5.41, 5.74) is 1.00. The van der Waals surface area contributed by atoms with Crippen molar-refractivity contribution in [1.82, 2.24) is 9.97 Å². The first kappa shape index (κ1) is 6.21. The molecule has 0 aromatic carbocycles. The van der Waals surface area contributed by atoms with Crippen LogP contribution in [0.1, 0.15) is 11.5 Å². The summed E-state index contributed by atoms with van der Waals surface area (Å²) in [5, 5.41) is 7.51. The number of azo groups is 1. The highest BCUT2D eigenvalue weighted by Crippen LogP contribution is 2.03. The van der Waals surface area contributed by atoms with Crippen molar-refractivity contribution in [3.8, 4) is 0 Å². The Morgan fingerprint density at radius 2 is 2.45 bits per heavy atom. The fourth-order valence-electron chi connectivity index (χ4n) is 0.877. The molecule has 11 heavy (non-hydrogen) atoms. The maximum atomic E-state index is 4.06. The van der Waals surface area contributed by atoms with E-state index in [0.29, 0.717) is 18.3 Å². The topological polar surface area (TPSA) is 65.8 Å². The molecule has 0 radical (unpaired) electrons. The van der Waals surface area contributed by atoms with E-state index >= 15 is 0 Å². The summed E-state index contributed by atoms with van der Waals surface area (Å²) >= 11 is 0. The molecular formula is C6H7N5. The maximum absolute atomic E-state index is 4.06. The number of aliphatic imine (C=N–C) groups is 1. The van der Waals surface area contributed by atoms with Crippen molar-refractivity contribution in [2.75, 3.05) is 6.67 Å². The van der Waals surface area contributed by atoms with Gasteiger partial charge >= 0.3 is 0 Å². The minimum Gasteiger partial charge on any atom is -0.339 e. The number of aromatic nitrogens is 2. The van der Waals surface area contributed by atoms with Crippen molar-refractivity contribution < 1.29 is 0 Å². The lowest BCUT2D eigenvalue weighted by atomic mass is 10.5. The number of rotatable bonds is 1. The molecule has 5 nitrogen and oxygen atoms in total. The van der Waals surface area contributed by atoms with Crippen LogP contribution >= 0.6 is 0 Å². The predicted molar refractivity (Wildman–Crippen MR) is 39.6 cm³/mol. The second kappa shape index (κ2) is 2.26. The van der Waals surface area contributed by atoms with Gasteiger partial charge in [0.2, 0.25) is 5.84 Å². The van der Waals surface area contributed by atoms with Crippen LogP contribution in [0, 0.1) is 6.92 Å². The van der Waals surface area contributed by atoms with Crippen LogP contribution in [-0.4, -0.2) is 22.5 Å². The summed E-state index contributed by atoms with van der Waals surface area (Å²) in [6.07, 6.45) is 1.74. The Hall–Kier alpha value is -1.52. The molecule has 0 unspecified atom stereocenters. The Bertz CT molecular complexity index is 321. The summed E-state index contributed by atoms with van der Waals surface area (Å²) in [7, 11) is 0. The number of amidine groups is 1. The van der Waals surface area contributed by atoms with Crippen LogP contribution in [0.15, 0.2) is 21.4 Å². The van der Waals surface area contributed by atoms with Crippen molar-refractivity contribution >= 4 is 5.84 Å². The summed E-state index contributed by atoms with van der Waals surface area (Å²) in [4.78, 5) is 11.1. The average Bonchev–Trinajstić information content (AvgIpc) is 2.55. The first-order valence-corrected chi connectivity index (χ1v) is 3.30. The second-order valence-corrected chi connectivity index (χ2v) is 2.28. The smallest absolute Gasteiger partial charge is 0.214 e. The van der Waals surface area contributed by atoms with Crippen molar-refractivity contribution in [2.24, 2.45) is 15.2 Å². The van der Waals surface area contributed by atoms with Crippen molar-refractivity contribution in [1.29, 1.82) is 0 Å². The van der Waals surface area contributed by atoms with Crippen LogP contribution in [0.3, 0.4) is 0 Å². The molecule has 1 aromatic rings. The molecule has 1 N–H and O–H groups in total. The number of hydrogen-bond acceptors (Lipinski definition) is 4. The Morgan fingerprint density at radius 3 is 3.00 bits per heavy atom. The van der Waals surface area contributed by atoms with Crippen molar-refractivity contribution in [3.05, 3.63) is 17.7 Å². The number of imidazole rings is 1. The first-order chi connectivity index (χ1) is 5.36. The molecule has 5 heteroatoms. The molecule has 1 aromatic heterocycles. The number of nitrogens with zero attached hydrogens (tertiary/aromatic N) is 4. The Morgan fingerprint density at radius 1 is 1.55 bits per heavy atom. The van der Waals surface area contributed by atoms with E-state index in [1.54, 1.807) is 6.20 Å². The van der Waals surface area contributed by atoms with Gasteiger partial charge in [0, 0.05) is 11.9 Å². The summed E-state index contributed by atoms with van der Waals surface area (Å²) in [6, 6.07) is 0. The molecule has 56 valence electrons. The van der Waals surface area contributed by atoms with Gasteiger partial charge in [-0.25, -0.2) is 9.98 Å². The summed E-state index contributed by atoms with van der Waals surface area (Å²) in [5.74, 6) is 1.29. The lowest BCUT2D eigenvalue weighted by Gasteiger charge is -1.86. The molecule has 0 spiro atoms. The highest BCUT2D eigenvalue weighted by molar-refractivity contribution is 5.96. The summed E-state index contributed by atoms with van der Waals surface area (Å²) in [6.45, 7) is 2.36. The predicted octanol–water partition coefficient (Wildman–Crippen LogP) is 0.888. The number of aromatic amines is 1. The van der Waals surface area contributed by atoms with Gasteiger partial charge in [-0.15, -0.1) is 5.11 Å². The molecular weight excluding hydrogens is 142 g/mol. The van der Waals surface area contributed by atoms with Crippen LogP contribution < -0.4 is 0 Å². The highest BCUT2D eigenvalue weighted by atomic mass is 15.3. The van der Waals surface area contributed by atoms with Crippen molar-refractivity contribution in [3.63, 3.8) is 0 Å². The molecule has 2 heterocycles. The third kappa shape index (κ3) is 1.04. The van der Waals surface area contributed by atoms with Gasteiger partial charge in [0.05, 0.1) is 0 Å². The van der Waals surface area contributed by atoms with E-state index in [1.807, 2.05) is 6.92 Å². The first-order valence-electron chi connectivity index (χ1n) is 3.30. The van der Waals surface area contributed by atoms with Gasteiger partial charge in [0.15, 0.2) is 12.5 Å². The Balaban J connectivity index is 2.36. The lowest BCUT2D eigenvalue weighted by molar-refractivity contribution is 1.05. The van der Waals surface area contributed by atoms with Crippen LogP contribution in [0.4, 0.5) is 0 Å². The largest absolute Gasteiger partial charge is 0.339 e. The van der Waals surface area contributed by atoms with Gasteiger partial charge in [-0.1, -0.05) is 0 Å².